The molecule has 86 valence electrons. The van der Waals surface area contributed by atoms with Gasteiger partial charge in [-0.05, 0) is 5.56 Å². The normalized spacial score (nSPS) is 18.1. The number of fused-ring (bicyclic) bond motifs is 1. The highest BCUT2D eigenvalue weighted by molar-refractivity contribution is 7.73. The molecular formula is C11H9N3O2S. The minimum Gasteiger partial charge on any atom is -0.237 e. The van der Waals surface area contributed by atoms with Crippen LogP contribution in [-0.2, 0) is 16.7 Å². The molecule has 0 fully saturated rings. The Morgan fingerprint density at radius 3 is 2.71 bits per heavy atom. The third-order valence-corrected chi connectivity index (χ3v) is 3.65. The molecule has 1 aliphatic heterocycles. The maximum absolute atomic E-state index is 11.2. The molecule has 0 bridgehead atoms. The van der Waals surface area contributed by atoms with Crippen LogP contribution < -0.4 is 0 Å². The molecule has 0 saturated heterocycles. The fourth-order valence-electron chi connectivity index (χ4n) is 2.12. The molecule has 1 aromatic carbocycles. The van der Waals surface area contributed by atoms with Crippen LogP contribution in [0.5, 0.6) is 0 Å². The largest absolute Gasteiger partial charge is 0.237 e. The van der Waals surface area contributed by atoms with Crippen LogP contribution >= 0.6 is 0 Å². The zero-order valence-corrected chi connectivity index (χ0v) is 9.63. The first-order chi connectivity index (χ1) is 8.27. The predicted octanol–water partition coefficient (Wildman–Crippen LogP) is 0.475. The monoisotopic (exact) mass is 247 g/mol. The lowest BCUT2D eigenvalue weighted by Crippen LogP contribution is -2.15. The molecule has 1 unspecified atom stereocenters. The zero-order chi connectivity index (χ0) is 11.8. The molecule has 0 aliphatic carbocycles. The molecule has 1 aliphatic rings. The van der Waals surface area contributed by atoms with Gasteiger partial charge < -0.3 is 0 Å². The van der Waals surface area contributed by atoms with Crippen LogP contribution in [0.25, 0.3) is 0 Å². The van der Waals surface area contributed by atoms with Gasteiger partial charge in [0, 0.05) is 6.42 Å². The van der Waals surface area contributed by atoms with Crippen molar-refractivity contribution in [2.24, 2.45) is 0 Å². The minimum absolute atomic E-state index is 0.341. The van der Waals surface area contributed by atoms with Crippen molar-refractivity contribution in [3.8, 4) is 0 Å². The molecule has 6 heteroatoms. The molecule has 1 atom stereocenters. The lowest BCUT2D eigenvalue weighted by molar-refractivity contribution is 0.622. The van der Waals surface area contributed by atoms with E-state index in [4.69, 9.17) is 0 Å². The van der Waals surface area contributed by atoms with Gasteiger partial charge in [-0.1, -0.05) is 30.3 Å². The summed E-state index contributed by atoms with van der Waals surface area (Å²) < 4.78 is 24.2. The van der Waals surface area contributed by atoms with E-state index in [9.17, 15) is 8.42 Å². The molecule has 2 aromatic rings. The summed E-state index contributed by atoms with van der Waals surface area (Å²) in [5, 5.41) is 4.10. The van der Waals surface area contributed by atoms with E-state index in [0.29, 0.717) is 17.1 Å². The number of hydrogen-bond donors (Lipinski definition) is 0. The van der Waals surface area contributed by atoms with Crippen LogP contribution in [0.3, 0.4) is 0 Å². The molecule has 0 amide bonds. The van der Waals surface area contributed by atoms with Crippen molar-refractivity contribution in [1.29, 1.82) is 0 Å². The molecule has 2 heterocycles. The molecule has 5 nitrogen and oxygen atoms in total. The summed E-state index contributed by atoms with van der Waals surface area (Å²) in [5.74, 6) is 0.693. The summed E-state index contributed by atoms with van der Waals surface area (Å²) in [5.41, 5.74) is 0.913. The van der Waals surface area contributed by atoms with Gasteiger partial charge in [0.1, 0.15) is 18.2 Å². The lowest BCUT2D eigenvalue weighted by Gasteiger charge is -2.11. The topological polar surface area (TPSA) is 64.8 Å². The van der Waals surface area contributed by atoms with Crippen LogP contribution in [0.2, 0.25) is 0 Å². The Kier molecular flexibility index (Phi) is 2.29. The number of hydrogen-bond acceptors (Lipinski definition) is 4. The van der Waals surface area contributed by atoms with Crippen molar-refractivity contribution < 1.29 is 8.42 Å². The van der Waals surface area contributed by atoms with Gasteiger partial charge in [-0.25, -0.2) is 9.67 Å². The van der Waals surface area contributed by atoms with E-state index < -0.39 is 10.3 Å². The smallest absolute Gasteiger partial charge is 0.216 e. The lowest BCUT2D eigenvalue weighted by atomic mass is 10.1. The Morgan fingerprint density at radius 2 is 2.00 bits per heavy atom. The third-order valence-electron chi connectivity index (χ3n) is 2.86. The minimum atomic E-state index is -2.21. The fourth-order valence-corrected chi connectivity index (χ4v) is 2.78. The van der Waals surface area contributed by atoms with E-state index in [1.807, 2.05) is 30.3 Å². The van der Waals surface area contributed by atoms with Crippen molar-refractivity contribution >= 4 is 15.2 Å². The molecular weight excluding hydrogens is 238 g/mol. The Balaban J connectivity index is 2.23. The molecule has 0 radical (unpaired) electrons. The van der Waals surface area contributed by atoms with Gasteiger partial charge in [0.15, 0.2) is 0 Å². The second-order valence-corrected chi connectivity index (χ2v) is 4.81. The van der Waals surface area contributed by atoms with Crippen molar-refractivity contribution in [3.63, 3.8) is 0 Å². The summed E-state index contributed by atoms with van der Waals surface area (Å²) >= 11 is 0. The molecule has 17 heavy (non-hydrogen) atoms. The zero-order valence-electron chi connectivity index (χ0n) is 8.81. The first-order valence-electron chi connectivity index (χ1n) is 5.15. The standard InChI is InChI=1S/C11H9N3O2S/c15-17(16)9-6-10-12-7-13-14(10)11(9)8-4-2-1-3-5-8/h1-5,7,11H,6H2. The second kappa shape index (κ2) is 3.81. The van der Waals surface area contributed by atoms with Gasteiger partial charge in [0.2, 0.25) is 10.3 Å². The van der Waals surface area contributed by atoms with E-state index in [-0.39, 0.29) is 6.04 Å². The maximum atomic E-state index is 11.2. The van der Waals surface area contributed by atoms with Gasteiger partial charge in [0.05, 0.1) is 4.86 Å². The van der Waals surface area contributed by atoms with Gasteiger partial charge in [-0.3, -0.25) is 0 Å². The van der Waals surface area contributed by atoms with Crippen LogP contribution in [0, 0.1) is 0 Å². The second-order valence-electron chi connectivity index (χ2n) is 3.81. The van der Waals surface area contributed by atoms with E-state index in [2.05, 4.69) is 10.1 Å². The molecule has 1 aromatic heterocycles. The van der Waals surface area contributed by atoms with Crippen molar-refractivity contribution in [1.82, 2.24) is 14.8 Å². The SMILES string of the molecule is O=S(=O)=C1Cc2ncnn2C1c1ccccc1. The quantitative estimate of drug-likeness (QED) is 0.687. The predicted molar refractivity (Wildman–Crippen MR) is 62.2 cm³/mol. The summed E-state index contributed by atoms with van der Waals surface area (Å²) in [6.07, 6.45) is 1.80. The summed E-state index contributed by atoms with van der Waals surface area (Å²) in [6.45, 7) is 0. The highest BCUT2D eigenvalue weighted by Gasteiger charge is 2.32. The van der Waals surface area contributed by atoms with Crippen molar-refractivity contribution in [2.45, 2.75) is 12.5 Å². The van der Waals surface area contributed by atoms with Crippen LogP contribution in [0.4, 0.5) is 0 Å². The molecule has 0 saturated carbocycles. The number of aromatic nitrogens is 3. The Hall–Kier alpha value is -1.95. The van der Waals surface area contributed by atoms with Crippen LogP contribution in [0.15, 0.2) is 36.7 Å². The Bertz CT molecular complexity index is 681. The number of rotatable bonds is 1. The highest BCUT2D eigenvalue weighted by atomic mass is 32.2. The molecule has 0 N–H and O–H groups in total. The van der Waals surface area contributed by atoms with Crippen LogP contribution in [-0.4, -0.2) is 28.0 Å². The van der Waals surface area contributed by atoms with Gasteiger partial charge in [-0.15, -0.1) is 0 Å². The Labute approximate surface area is 99.3 Å². The maximum Gasteiger partial charge on any atom is 0.216 e. The van der Waals surface area contributed by atoms with Crippen LogP contribution in [0.1, 0.15) is 17.4 Å². The summed E-state index contributed by atoms with van der Waals surface area (Å²) in [4.78, 5) is 4.49. The Morgan fingerprint density at radius 1 is 1.24 bits per heavy atom. The van der Waals surface area contributed by atoms with Crippen molar-refractivity contribution in [2.75, 3.05) is 0 Å². The number of nitrogens with zero attached hydrogens (tertiary/aromatic N) is 3. The average molecular weight is 247 g/mol. The van der Waals surface area contributed by atoms with E-state index >= 15 is 0 Å². The van der Waals surface area contributed by atoms with Gasteiger partial charge in [-0.2, -0.15) is 13.5 Å². The third kappa shape index (κ3) is 1.57. The fraction of sp³-hybridized carbons (Fsp3) is 0.182. The van der Waals surface area contributed by atoms with Gasteiger partial charge in [0.25, 0.3) is 0 Å². The first-order valence-corrected chi connectivity index (χ1v) is 6.23. The highest BCUT2D eigenvalue weighted by Crippen LogP contribution is 2.27. The van der Waals surface area contributed by atoms with Gasteiger partial charge >= 0.3 is 0 Å². The number of benzene rings is 1. The molecule has 0 spiro atoms. The molecule has 3 rings (SSSR count). The van der Waals surface area contributed by atoms with E-state index in [1.54, 1.807) is 4.68 Å². The van der Waals surface area contributed by atoms with E-state index in [1.165, 1.54) is 6.33 Å². The van der Waals surface area contributed by atoms with E-state index in [0.717, 1.165) is 5.56 Å². The van der Waals surface area contributed by atoms with Crippen molar-refractivity contribution in [3.05, 3.63) is 48.0 Å². The average Bonchev–Trinajstić information content (AvgIpc) is 2.89. The summed E-state index contributed by atoms with van der Waals surface area (Å²) in [7, 11) is -2.21. The first kappa shape index (κ1) is 10.2. The summed E-state index contributed by atoms with van der Waals surface area (Å²) in [6, 6.07) is 9.12.